The molecule has 1 aromatic rings. The molecule has 0 aliphatic heterocycles. The van der Waals surface area contributed by atoms with Crippen molar-refractivity contribution < 1.29 is 4.74 Å². The van der Waals surface area contributed by atoms with Gasteiger partial charge in [-0.15, -0.1) is 0 Å². The first-order chi connectivity index (χ1) is 7.77. The molecule has 0 amide bonds. The van der Waals surface area contributed by atoms with Gasteiger partial charge in [-0.25, -0.2) is 9.97 Å². The van der Waals surface area contributed by atoms with Crippen molar-refractivity contribution in [1.29, 1.82) is 0 Å². The number of nitrogens with one attached hydrogen (secondary N) is 1. The van der Waals surface area contributed by atoms with E-state index in [0.29, 0.717) is 5.92 Å². The van der Waals surface area contributed by atoms with Crippen LogP contribution in [0.1, 0.15) is 37.7 Å². The number of aromatic nitrogens is 2. The van der Waals surface area contributed by atoms with Gasteiger partial charge >= 0.3 is 0 Å². The lowest BCUT2D eigenvalue weighted by atomic mass is 10.1. The molecule has 0 aliphatic rings. The van der Waals surface area contributed by atoms with Gasteiger partial charge in [0.2, 0.25) is 0 Å². The van der Waals surface area contributed by atoms with Crippen LogP contribution >= 0.6 is 0 Å². The van der Waals surface area contributed by atoms with Crippen LogP contribution in [-0.2, 0) is 11.3 Å². The van der Waals surface area contributed by atoms with Gasteiger partial charge in [0.25, 0.3) is 0 Å². The van der Waals surface area contributed by atoms with E-state index in [1.54, 1.807) is 7.11 Å². The second-order valence-electron chi connectivity index (χ2n) is 3.89. The summed E-state index contributed by atoms with van der Waals surface area (Å²) in [7, 11) is 1.70. The maximum absolute atomic E-state index is 4.96. The van der Waals surface area contributed by atoms with Crippen LogP contribution in [-0.4, -0.2) is 30.2 Å². The number of methoxy groups -OCH3 is 1. The fraction of sp³-hybridized carbons (Fsp3) is 0.667. The van der Waals surface area contributed by atoms with Gasteiger partial charge in [-0.2, -0.15) is 0 Å². The van der Waals surface area contributed by atoms with E-state index in [4.69, 9.17) is 4.74 Å². The van der Waals surface area contributed by atoms with Crippen molar-refractivity contribution in [3.63, 3.8) is 0 Å². The lowest BCUT2D eigenvalue weighted by Gasteiger charge is -2.09. The van der Waals surface area contributed by atoms with Crippen molar-refractivity contribution in [2.45, 2.75) is 32.7 Å². The second-order valence-corrected chi connectivity index (χ2v) is 3.89. The Morgan fingerprint density at radius 2 is 2.31 bits per heavy atom. The monoisotopic (exact) mass is 223 g/mol. The quantitative estimate of drug-likeness (QED) is 0.715. The van der Waals surface area contributed by atoms with E-state index >= 15 is 0 Å². The molecule has 0 bridgehead atoms. The van der Waals surface area contributed by atoms with Gasteiger partial charge in [0.1, 0.15) is 5.82 Å². The number of nitrogens with zero attached hydrogens (tertiary/aromatic N) is 2. The van der Waals surface area contributed by atoms with Crippen LogP contribution in [0.25, 0.3) is 0 Å². The third-order valence-electron chi connectivity index (χ3n) is 2.57. The highest BCUT2D eigenvalue weighted by atomic mass is 16.5. The molecule has 0 aliphatic carbocycles. The highest BCUT2D eigenvalue weighted by Crippen LogP contribution is 2.13. The molecular formula is C12H21N3O. The van der Waals surface area contributed by atoms with Gasteiger partial charge in [0.05, 0.1) is 12.3 Å². The van der Waals surface area contributed by atoms with Crippen LogP contribution in [0.3, 0.4) is 0 Å². The topological polar surface area (TPSA) is 47.0 Å². The molecule has 0 radical (unpaired) electrons. The van der Waals surface area contributed by atoms with Crippen molar-refractivity contribution in [1.82, 2.24) is 15.3 Å². The highest BCUT2D eigenvalue weighted by molar-refractivity contribution is 5.04. The molecule has 0 saturated heterocycles. The van der Waals surface area contributed by atoms with Crippen molar-refractivity contribution in [3.8, 4) is 0 Å². The maximum atomic E-state index is 4.96. The Bertz CT molecular complexity index is 304. The van der Waals surface area contributed by atoms with Crippen LogP contribution in [0.5, 0.6) is 0 Å². The van der Waals surface area contributed by atoms with Crippen molar-refractivity contribution in [2.75, 3.05) is 20.3 Å². The largest absolute Gasteiger partial charge is 0.383 e. The first-order valence-electron chi connectivity index (χ1n) is 5.79. The minimum Gasteiger partial charge on any atom is -0.383 e. The molecule has 90 valence electrons. The van der Waals surface area contributed by atoms with Crippen molar-refractivity contribution in [2.24, 2.45) is 0 Å². The van der Waals surface area contributed by atoms with E-state index in [0.717, 1.165) is 37.6 Å². The van der Waals surface area contributed by atoms with Gasteiger partial charge in [0, 0.05) is 32.3 Å². The Kier molecular flexibility index (Phi) is 5.96. The zero-order valence-electron chi connectivity index (χ0n) is 10.4. The predicted octanol–water partition coefficient (Wildman–Crippen LogP) is 1.73. The molecule has 0 spiro atoms. The van der Waals surface area contributed by atoms with Crippen molar-refractivity contribution >= 4 is 0 Å². The van der Waals surface area contributed by atoms with Gasteiger partial charge < -0.3 is 10.1 Å². The van der Waals surface area contributed by atoms with Gasteiger partial charge in [-0.05, 0) is 12.5 Å². The lowest BCUT2D eigenvalue weighted by Crippen LogP contribution is -2.19. The Morgan fingerprint density at radius 3 is 3.00 bits per heavy atom. The molecule has 1 aromatic heterocycles. The Hall–Kier alpha value is -1.00. The van der Waals surface area contributed by atoms with Crippen LogP contribution in [0.4, 0.5) is 0 Å². The van der Waals surface area contributed by atoms with Gasteiger partial charge in [-0.3, -0.25) is 0 Å². The summed E-state index contributed by atoms with van der Waals surface area (Å²) in [6.45, 7) is 6.65. The average molecular weight is 223 g/mol. The fourth-order valence-electron chi connectivity index (χ4n) is 1.32. The summed E-state index contributed by atoms with van der Waals surface area (Å²) in [4.78, 5) is 8.82. The summed E-state index contributed by atoms with van der Waals surface area (Å²) in [6.07, 6.45) is 2.91. The van der Waals surface area contributed by atoms with Gasteiger partial charge in [0.15, 0.2) is 0 Å². The zero-order chi connectivity index (χ0) is 11.8. The minimum absolute atomic E-state index is 0.430. The van der Waals surface area contributed by atoms with Crippen molar-refractivity contribution in [3.05, 3.63) is 23.8 Å². The summed E-state index contributed by atoms with van der Waals surface area (Å²) >= 11 is 0. The molecule has 0 saturated carbocycles. The van der Waals surface area contributed by atoms with Gasteiger partial charge in [-0.1, -0.05) is 13.8 Å². The smallest absolute Gasteiger partial charge is 0.131 e. The van der Waals surface area contributed by atoms with Crippen LogP contribution in [0.15, 0.2) is 12.3 Å². The molecular weight excluding hydrogens is 202 g/mol. The van der Waals surface area contributed by atoms with E-state index in [1.807, 2.05) is 12.3 Å². The second kappa shape index (κ2) is 7.30. The van der Waals surface area contributed by atoms with Crippen LogP contribution < -0.4 is 5.32 Å². The summed E-state index contributed by atoms with van der Waals surface area (Å²) < 4.78 is 4.96. The Labute approximate surface area is 97.5 Å². The Morgan fingerprint density at radius 1 is 1.50 bits per heavy atom. The average Bonchev–Trinajstić information content (AvgIpc) is 2.34. The molecule has 4 nitrogen and oxygen atoms in total. The Balaban J connectivity index is 2.47. The first kappa shape index (κ1) is 13.1. The minimum atomic E-state index is 0.430. The molecule has 1 rings (SSSR count). The number of rotatable bonds is 7. The van der Waals surface area contributed by atoms with E-state index in [9.17, 15) is 0 Å². The summed E-state index contributed by atoms with van der Waals surface area (Å²) in [5, 5.41) is 3.27. The molecule has 1 atom stereocenters. The van der Waals surface area contributed by atoms with E-state index in [-0.39, 0.29) is 0 Å². The molecule has 1 N–H and O–H groups in total. The molecule has 4 heteroatoms. The first-order valence-corrected chi connectivity index (χ1v) is 5.79. The van der Waals surface area contributed by atoms with E-state index in [2.05, 4.69) is 29.1 Å². The normalized spacial score (nSPS) is 12.7. The standard InChI is InChI=1S/C12H21N3O/c1-4-10(2)12-14-6-5-11(15-12)9-13-7-8-16-3/h5-6,10,13H,4,7-9H2,1-3H3. The summed E-state index contributed by atoms with van der Waals surface area (Å²) in [6, 6.07) is 1.95. The number of hydrogen-bond donors (Lipinski definition) is 1. The molecule has 0 aromatic carbocycles. The SMILES string of the molecule is CCC(C)c1nccc(CNCCOC)n1. The van der Waals surface area contributed by atoms with E-state index < -0.39 is 0 Å². The highest BCUT2D eigenvalue weighted by Gasteiger charge is 2.06. The summed E-state index contributed by atoms with van der Waals surface area (Å²) in [5.74, 6) is 1.37. The lowest BCUT2D eigenvalue weighted by molar-refractivity contribution is 0.199. The predicted molar refractivity (Wildman–Crippen MR) is 64.3 cm³/mol. The molecule has 1 unspecified atom stereocenters. The summed E-state index contributed by atoms with van der Waals surface area (Å²) in [5.41, 5.74) is 1.04. The zero-order valence-corrected chi connectivity index (χ0v) is 10.4. The van der Waals surface area contributed by atoms with Crippen LogP contribution in [0.2, 0.25) is 0 Å². The third kappa shape index (κ3) is 4.24. The van der Waals surface area contributed by atoms with Crippen LogP contribution in [0, 0.1) is 0 Å². The number of ether oxygens (including phenoxy) is 1. The van der Waals surface area contributed by atoms with E-state index in [1.165, 1.54) is 0 Å². The fourth-order valence-corrected chi connectivity index (χ4v) is 1.32. The molecule has 1 heterocycles. The molecule has 0 fully saturated rings. The number of hydrogen-bond acceptors (Lipinski definition) is 4. The molecule has 16 heavy (non-hydrogen) atoms. The maximum Gasteiger partial charge on any atom is 0.131 e. The third-order valence-corrected chi connectivity index (χ3v) is 2.57.